The largest absolute Gasteiger partial charge is 0.422 e. The Kier molecular flexibility index (Phi) is 7.14. The van der Waals surface area contributed by atoms with Gasteiger partial charge in [-0.2, -0.15) is 4.31 Å². The third kappa shape index (κ3) is 5.37. The van der Waals surface area contributed by atoms with Gasteiger partial charge in [0.15, 0.2) is 0 Å². The van der Waals surface area contributed by atoms with E-state index < -0.39 is 16.0 Å². The lowest BCUT2D eigenvalue weighted by molar-refractivity contribution is 0.0723. The quantitative estimate of drug-likeness (QED) is 0.412. The molecule has 0 unspecified atom stereocenters. The van der Waals surface area contributed by atoms with Gasteiger partial charge in [-0.1, -0.05) is 42.8 Å². The van der Waals surface area contributed by atoms with Crippen LogP contribution in [0.25, 0.3) is 0 Å². The van der Waals surface area contributed by atoms with Crippen LogP contribution in [-0.4, -0.2) is 42.3 Å². The standard InChI is InChI=1S/C25H27N3O5S/c1-27-18-22(34(31,32)28-13-6-3-7-14-28)16-23(27)25(30)33-21-12-8-11-20(15-21)24(29)26-17-19-9-4-2-5-10-19/h2,4-5,8-12,15-16,18H,3,6-7,13-14,17H2,1H3,(H,26,29). The lowest BCUT2D eigenvalue weighted by atomic mass is 10.2. The van der Waals surface area contributed by atoms with E-state index in [-0.39, 0.29) is 22.2 Å². The highest BCUT2D eigenvalue weighted by atomic mass is 32.2. The van der Waals surface area contributed by atoms with Crippen molar-refractivity contribution >= 4 is 21.9 Å². The molecule has 1 aromatic heterocycles. The van der Waals surface area contributed by atoms with Gasteiger partial charge in [0.1, 0.15) is 16.3 Å². The van der Waals surface area contributed by atoms with Crippen molar-refractivity contribution in [3.05, 3.63) is 83.7 Å². The van der Waals surface area contributed by atoms with E-state index in [2.05, 4.69) is 5.32 Å². The van der Waals surface area contributed by atoms with E-state index in [0.29, 0.717) is 25.2 Å². The monoisotopic (exact) mass is 481 g/mol. The van der Waals surface area contributed by atoms with Crippen LogP contribution in [-0.2, 0) is 23.6 Å². The van der Waals surface area contributed by atoms with Crippen molar-refractivity contribution in [3.63, 3.8) is 0 Å². The van der Waals surface area contributed by atoms with Crippen LogP contribution >= 0.6 is 0 Å². The second-order valence-corrected chi connectivity index (χ2v) is 10.2. The van der Waals surface area contributed by atoms with Crippen LogP contribution < -0.4 is 10.1 Å². The van der Waals surface area contributed by atoms with Gasteiger partial charge in [0.2, 0.25) is 10.0 Å². The molecule has 1 aliphatic heterocycles. The average Bonchev–Trinajstić information content (AvgIpc) is 3.26. The van der Waals surface area contributed by atoms with Gasteiger partial charge in [-0.3, -0.25) is 4.79 Å². The number of hydrogen-bond acceptors (Lipinski definition) is 5. The summed E-state index contributed by atoms with van der Waals surface area (Å²) in [7, 11) is -2.07. The predicted molar refractivity (Wildman–Crippen MR) is 127 cm³/mol. The molecule has 1 aliphatic rings. The van der Waals surface area contributed by atoms with Crippen LogP contribution in [0.1, 0.15) is 45.7 Å². The Hall–Kier alpha value is -3.43. The van der Waals surface area contributed by atoms with Crippen molar-refractivity contribution in [2.75, 3.05) is 13.1 Å². The molecule has 0 atom stereocenters. The number of piperidine rings is 1. The number of ether oxygens (including phenoxy) is 1. The summed E-state index contributed by atoms with van der Waals surface area (Å²) >= 11 is 0. The number of esters is 1. The summed E-state index contributed by atoms with van der Waals surface area (Å²) in [6.45, 7) is 1.34. The number of carbonyl (C=O) groups is 2. The number of nitrogens with zero attached hydrogens (tertiary/aromatic N) is 2. The summed E-state index contributed by atoms with van der Waals surface area (Å²) in [6.07, 6.45) is 4.10. The van der Waals surface area contributed by atoms with Crippen molar-refractivity contribution in [2.45, 2.75) is 30.7 Å². The number of aromatic nitrogens is 1. The Bertz CT molecular complexity index is 1280. The van der Waals surface area contributed by atoms with Crippen LogP contribution in [0.5, 0.6) is 5.75 Å². The minimum atomic E-state index is -3.67. The van der Waals surface area contributed by atoms with E-state index in [9.17, 15) is 18.0 Å². The maximum atomic E-state index is 12.9. The van der Waals surface area contributed by atoms with E-state index in [1.807, 2.05) is 30.3 Å². The Balaban J connectivity index is 1.44. The number of hydrogen-bond donors (Lipinski definition) is 1. The number of rotatable bonds is 7. The molecule has 0 radical (unpaired) electrons. The first-order chi connectivity index (χ1) is 16.3. The fraction of sp³-hybridized carbons (Fsp3) is 0.280. The molecule has 1 fully saturated rings. The van der Waals surface area contributed by atoms with Gasteiger partial charge in [0, 0.05) is 38.4 Å². The molecular formula is C25H27N3O5S. The number of carbonyl (C=O) groups excluding carboxylic acids is 2. The topological polar surface area (TPSA) is 97.7 Å². The second kappa shape index (κ2) is 10.2. The summed E-state index contributed by atoms with van der Waals surface area (Å²) in [5.41, 5.74) is 1.42. The molecule has 1 saturated heterocycles. The van der Waals surface area contributed by atoms with Crippen molar-refractivity contribution in [1.29, 1.82) is 0 Å². The summed E-state index contributed by atoms with van der Waals surface area (Å²) in [5, 5.41) is 2.83. The zero-order chi connectivity index (χ0) is 24.1. The molecular weight excluding hydrogens is 454 g/mol. The van der Waals surface area contributed by atoms with Crippen molar-refractivity contribution in [2.24, 2.45) is 7.05 Å². The van der Waals surface area contributed by atoms with Gasteiger partial charge < -0.3 is 14.6 Å². The maximum absolute atomic E-state index is 12.9. The zero-order valence-corrected chi connectivity index (χ0v) is 19.8. The van der Waals surface area contributed by atoms with E-state index in [1.54, 1.807) is 25.2 Å². The minimum Gasteiger partial charge on any atom is -0.422 e. The molecule has 0 bridgehead atoms. The molecule has 4 rings (SSSR count). The van der Waals surface area contributed by atoms with E-state index in [0.717, 1.165) is 24.8 Å². The number of benzene rings is 2. The molecule has 2 heterocycles. The number of amides is 1. The molecule has 34 heavy (non-hydrogen) atoms. The van der Waals surface area contributed by atoms with Crippen LogP contribution in [0.3, 0.4) is 0 Å². The molecule has 9 heteroatoms. The highest BCUT2D eigenvalue weighted by Gasteiger charge is 2.29. The first kappa shape index (κ1) is 23.7. The van der Waals surface area contributed by atoms with Crippen molar-refractivity contribution in [1.82, 2.24) is 14.2 Å². The summed E-state index contributed by atoms with van der Waals surface area (Å²) in [5.74, 6) is -0.807. The molecule has 8 nitrogen and oxygen atoms in total. The van der Waals surface area contributed by atoms with E-state index in [4.69, 9.17) is 4.74 Å². The summed E-state index contributed by atoms with van der Waals surface area (Å²) < 4.78 is 34.2. The SMILES string of the molecule is Cn1cc(S(=O)(=O)N2CCCCC2)cc1C(=O)Oc1cccc(C(=O)NCc2ccccc2)c1. The molecule has 0 saturated carbocycles. The maximum Gasteiger partial charge on any atom is 0.360 e. The van der Waals surface area contributed by atoms with Gasteiger partial charge in [0.05, 0.1) is 0 Å². The van der Waals surface area contributed by atoms with Crippen molar-refractivity contribution < 1.29 is 22.7 Å². The smallest absolute Gasteiger partial charge is 0.360 e. The molecule has 0 spiro atoms. The van der Waals surface area contributed by atoms with Crippen LogP contribution in [0, 0.1) is 0 Å². The van der Waals surface area contributed by atoms with Gasteiger partial charge in [0.25, 0.3) is 5.91 Å². The Morgan fingerprint density at radius 1 is 0.971 bits per heavy atom. The molecule has 1 amide bonds. The van der Waals surface area contributed by atoms with E-state index >= 15 is 0 Å². The third-order valence-corrected chi connectivity index (χ3v) is 7.61. The van der Waals surface area contributed by atoms with Crippen LogP contribution in [0.4, 0.5) is 0 Å². The molecule has 178 valence electrons. The fourth-order valence-electron chi connectivity index (χ4n) is 3.87. The second-order valence-electron chi connectivity index (χ2n) is 8.22. The third-order valence-electron chi connectivity index (χ3n) is 5.74. The van der Waals surface area contributed by atoms with Gasteiger partial charge >= 0.3 is 5.97 Å². The Morgan fingerprint density at radius 2 is 1.71 bits per heavy atom. The molecule has 0 aliphatic carbocycles. The zero-order valence-electron chi connectivity index (χ0n) is 18.9. The lowest BCUT2D eigenvalue weighted by Gasteiger charge is -2.25. The molecule has 2 aromatic carbocycles. The number of aryl methyl sites for hydroxylation is 1. The van der Waals surface area contributed by atoms with Crippen molar-refractivity contribution in [3.8, 4) is 5.75 Å². The van der Waals surface area contributed by atoms with Crippen LogP contribution in [0.2, 0.25) is 0 Å². The van der Waals surface area contributed by atoms with Gasteiger partial charge in [-0.25, -0.2) is 13.2 Å². The predicted octanol–water partition coefficient (Wildman–Crippen LogP) is 3.35. The fourth-order valence-corrected chi connectivity index (χ4v) is 5.46. The Morgan fingerprint density at radius 3 is 2.44 bits per heavy atom. The highest BCUT2D eigenvalue weighted by Crippen LogP contribution is 2.23. The average molecular weight is 482 g/mol. The normalized spacial score (nSPS) is 14.5. The highest BCUT2D eigenvalue weighted by molar-refractivity contribution is 7.89. The summed E-state index contributed by atoms with van der Waals surface area (Å²) in [4.78, 5) is 25.4. The number of sulfonamides is 1. The van der Waals surface area contributed by atoms with Gasteiger partial charge in [-0.15, -0.1) is 0 Å². The first-order valence-corrected chi connectivity index (χ1v) is 12.6. The van der Waals surface area contributed by atoms with Gasteiger partial charge in [-0.05, 0) is 42.7 Å². The number of nitrogens with one attached hydrogen (secondary N) is 1. The summed E-state index contributed by atoms with van der Waals surface area (Å²) in [6, 6.07) is 17.2. The molecule has 3 aromatic rings. The first-order valence-electron chi connectivity index (χ1n) is 11.2. The Labute approximate surface area is 199 Å². The van der Waals surface area contributed by atoms with E-state index in [1.165, 1.54) is 27.2 Å². The minimum absolute atomic E-state index is 0.0675. The van der Waals surface area contributed by atoms with Crippen LogP contribution in [0.15, 0.2) is 71.8 Å². The lowest BCUT2D eigenvalue weighted by Crippen LogP contribution is -2.35. The molecule has 1 N–H and O–H groups in total.